The summed E-state index contributed by atoms with van der Waals surface area (Å²) >= 11 is 1.16. The van der Waals surface area contributed by atoms with Crippen LogP contribution in [0.25, 0.3) is 11.2 Å². The van der Waals surface area contributed by atoms with Gasteiger partial charge < -0.3 is 9.67 Å². The number of aryl methyl sites for hydroxylation is 2. The molecule has 1 unspecified atom stereocenters. The summed E-state index contributed by atoms with van der Waals surface area (Å²) < 4.78 is 13.5. The predicted molar refractivity (Wildman–Crippen MR) is 84.2 cm³/mol. The van der Waals surface area contributed by atoms with Crippen molar-refractivity contribution in [1.29, 1.82) is 0 Å². The Morgan fingerprint density at radius 3 is 2.95 bits per heavy atom. The fourth-order valence-corrected chi connectivity index (χ4v) is 3.29. The lowest BCUT2D eigenvalue weighted by atomic mass is 10.3. The Kier molecular flexibility index (Phi) is 5.35. The molecular formula is C13H17N3O3S2. The monoisotopic (exact) mass is 327 g/mol. The van der Waals surface area contributed by atoms with Crippen molar-refractivity contribution < 1.29 is 14.1 Å². The number of hydrogen-bond donors (Lipinski definition) is 1. The zero-order valence-electron chi connectivity index (χ0n) is 11.9. The molecule has 0 saturated heterocycles. The van der Waals surface area contributed by atoms with Gasteiger partial charge in [-0.15, -0.1) is 0 Å². The standard InChI is InChI=1S/C13H17N3O3S2/c1-3-21(19)5-4-16-12-10(6-9(2)7-14-12)15-13(16)20-8-11(17)18/h6-7H,3-5,8H2,1-2H3,(H,17,18). The molecule has 0 bridgehead atoms. The molecular weight excluding hydrogens is 310 g/mol. The maximum absolute atomic E-state index is 11.6. The lowest BCUT2D eigenvalue weighted by Crippen LogP contribution is -2.11. The van der Waals surface area contributed by atoms with E-state index in [1.54, 1.807) is 6.20 Å². The van der Waals surface area contributed by atoms with Gasteiger partial charge in [0.1, 0.15) is 5.52 Å². The van der Waals surface area contributed by atoms with Gasteiger partial charge in [0.25, 0.3) is 0 Å². The number of pyridine rings is 1. The Hall–Kier alpha value is -1.41. The van der Waals surface area contributed by atoms with Gasteiger partial charge in [0.15, 0.2) is 10.8 Å². The van der Waals surface area contributed by atoms with Crippen LogP contribution in [0, 0.1) is 6.92 Å². The van der Waals surface area contributed by atoms with Crippen LogP contribution in [0.5, 0.6) is 0 Å². The fourth-order valence-electron chi connectivity index (χ4n) is 1.87. The molecule has 1 N–H and O–H groups in total. The average Bonchev–Trinajstić information content (AvgIpc) is 2.79. The van der Waals surface area contributed by atoms with Gasteiger partial charge in [-0.25, -0.2) is 9.97 Å². The van der Waals surface area contributed by atoms with Gasteiger partial charge in [-0.1, -0.05) is 18.7 Å². The van der Waals surface area contributed by atoms with E-state index in [-0.39, 0.29) is 5.75 Å². The molecule has 0 spiro atoms. The number of fused-ring (bicyclic) bond motifs is 1. The van der Waals surface area contributed by atoms with Crippen molar-refractivity contribution >= 4 is 39.7 Å². The summed E-state index contributed by atoms with van der Waals surface area (Å²) in [5.74, 6) is 0.175. The Morgan fingerprint density at radius 1 is 1.52 bits per heavy atom. The molecule has 0 aliphatic carbocycles. The number of hydrogen-bond acceptors (Lipinski definition) is 5. The number of carboxylic acid groups (broad SMARTS) is 1. The second-order valence-corrected chi connectivity index (χ2v) is 7.32. The smallest absolute Gasteiger partial charge is 0.313 e. The molecule has 0 aliphatic heterocycles. The number of aromatic nitrogens is 3. The van der Waals surface area contributed by atoms with Gasteiger partial charge in [0.05, 0.1) is 5.75 Å². The van der Waals surface area contributed by atoms with Crippen molar-refractivity contribution in [2.75, 3.05) is 17.3 Å². The first-order valence-electron chi connectivity index (χ1n) is 6.53. The summed E-state index contributed by atoms with van der Waals surface area (Å²) in [5, 5.41) is 9.43. The van der Waals surface area contributed by atoms with E-state index in [0.717, 1.165) is 22.8 Å². The van der Waals surface area contributed by atoms with Crippen LogP contribution in [0.2, 0.25) is 0 Å². The maximum Gasteiger partial charge on any atom is 0.313 e. The molecule has 2 aromatic rings. The minimum Gasteiger partial charge on any atom is -0.481 e. The molecule has 8 heteroatoms. The molecule has 0 radical (unpaired) electrons. The number of rotatable bonds is 7. The van der Waals surface area contributed by atoms with Gasteiger partial charge in [-0.2, -0.15) is 0 Å². The van der Waals surface area contributed by atoms with Crippen molar-refractivity contribution in [2.45, 2.75) is 25.5 Å². The van der Waals surface area contributed by atoms with Crippen LogP contribution in [-0.4, -0.2) is 47.1 Å². The van der Waals surface area contributed by atoms with E-state index in [4.69, 9.17) is 5.11 Å². The van der Waals surface area contributed by atoms with Gasteiger partial charge in [-0.3, -0.25) is 9.00 Å². The minimum absolute atomic E-state index is 0.0564. The van der Waals surface area contributed by atoms with Gasteiger partial charge >= 0.3 is 5.97 Å². The van der Waals surface area contributed by atoms with Crippen LogP contribution in [0.3, 0.4) is 0 Å². The molecule has 2 aromatic heterocycles. The largest absolute Gasteiger partial charge is 0.481 e. The van der Waals surface area contributed by atoms with Gasteiger partial charge in [-0.05, 0) is 18.6 Å². The van der Waals surface area contributed by atoms with E-state index in [9.17, 15) is 9.00 Å². The number of nitrogens with zero attached hydrogens (tertiary/aromatic N) is 3. The lowest BCUT2D eigenvalue weighted by molar-refractivity contribution is -0.133. The normalized spacial score (nSPS) is 12.7. The number of carbonyl (C=O) groups is 1. The number of carboxylic acids is 1. The van der Waals surface area contributed by atoms with E-state index in [2.05, 4.69) is 9.97 Å². The van der Waals surface area contributed by atoms with Crippen molar-refractivity contribution in [1.82, 2.24) is 14.5 Å². The van der Waals surface area contributed by atoms with Crippen LogP contribution < -0.4 is 0 Å². The van der Waals surface area contributed by atoms with E-state index in [1.165, 1.54) is 0 Å². The highest BCUT2D eigenvalue weighted by Crippen LogP contribution is 2.23. The predicted octanol–water partition coefficient (Wildman–Crippen LogP) is 1.69. The van der Waals surface area contributed by atoms with Crippen molar-refractivity contribution in [2.24, 2.45) is 0 Å². The summed E-state index contributed by atoms with van der Waals surface area (Å²) in [6.45, 7) is 4.33. The highest BCUT2D eigenvalue weighted by molar-refractivity contribution is 7.99. The summed E-state index contributed by atoms with van der Waals surface area (Å²) in [6.07, 6.45) is 1.75. The Balaban J connectivity index is 2.34. The van der Waals surface area contributed by atoms with Crippen LogP contribution in [0.15, 0.2) is 17.4 Å². The lowest BCUT2D eigenvalue weighted by Gasteiger charge is -2.07. The Bertz CT molecular complexity index is 685. The topological polar surface area (TPSA) is 85.1 Å². The zero-order chi connectivity index (χ0) is 15.4. The van der Waals surface area contributed by atoms with E-state index >= 15 is 0 Å². The van der Waals surface area contributed by atoms with Crippen LogP contribution in [-0.2, 0) is 22.1 Å². The minimum atomic E-state index is -0.889. The highest BCUT2D eigenvalue weighted by Gasteiger charge is 2.14. The highest BCUT2D eigenvalue weighted by atomic mass is 32.2. The molecule has 0 aliphatic rings. The molecule has 21 heavy (non-hydrogen) atoms. The van der Waals surface area contributed by atoms with E-state index in [0.29, 0.717) is 28.9 Å². The first-order chi connectivity index (χ1) is 10.0. The maximum atomic E-state index is 11.6. The summed E-state index contributed by atoms with van der Waals surface area (Å²) in [7, 11) is -0.882. The molecule has 1 atom stereocenters. The Morgan fingerprint density at radius 2 is 2.29 bits per heavy atom. The molecule has 2 heterocycles. The third-order valence-electron chi connectivity index (χ3n) is 2.88. The first kappa shape index (κ1) is 16.0. The van der Waals surface area contributed by atoms with E-state index in [1.807, 2.05) is 24.5 Å². The molecule has 6 nitrogen and oxygen atoms in total. The summed E-state index contributed by atoms with van der Waals surface area (Å²) in [6, 6.07) is 1.92. The van der Waals surface area contributed by atoms with Crippen LogP contribution in [0.1, 0.15) is 12.5 Å². The second kappa shape index (κ2) is 7.04. The number of thioether (sulfide) groups is 1. The summed E-state index contributed by atoms with van der Waals surface area (Å²) in [5.41, 5.74) is 2.45. The van der Waals surface area contributed by atoms with Gasteiger partial charge in [0, 0.05) is 35.0 Å². The molecule has 0 aromatic carbocycles. The van der Waals surface area contributed by atoms with Crippen LogP contribution >= 0.6 is 11.8 Å². The Labute approximate surface area is 129 Å². The average molecular weight is 327 g/mol. The fraction of sp³-hybridized carbons (Fsp3) is 0.462. The quantitative estimate of drug-likeness (QED) is 0.779. The third kappa shape index (κ3) is 4.04. The molecule has 0 amide bonds. The van der Waals surface area contributed by atoms with Gasteiger partial charge in [0.2, 0.25) is 0 Å². The first-order valence-corrected chi connectivity index (χ1v) is 9.01. The second-order valence-electron chi connectivity index (χ2n) is 4.52. The molecule has 0 saturated carbocycles. The zero-order valence-corrected chi connectivity index (χ0v) is 13.5. The molecule has 0 fully saturated rings. The SMILES string of the molecule is CCS(=O)CCn1c(SCC(=O)O)nc2cc(C)cnc21. The molecule has 2 rings (SSSR count). The van der Waals surface area contributed by atoms with Crippen molar-refractivity contribution in [3.05, 3.63) is 17.8 Å². The van der Waals surface area contributed by atoms with Crippen molar-refractivity contribution in [3.63, 3.8) is 0 Å². The number of imidazole rings is 1. The van der Waals surface area contributed by atoms with E-state index < -0.39 is 16.8 Å². The third-order valence-corrected chi connectivity index (χ3v) is 5.12. The van der Waals surface area contributed by atoms with Crippen molar-refractivity contribution in [3.8, 4) is 0 Å². The molecule has 114 valence electrons. The summed E-state index contributed by atoms with van der Waals surface area (Å²) in [4.78, 5) is 19.6. The van der Waals surface area contributed by atoms with Crippen LogP contribution in [0.4, 0.5) is 0 Å². The number of aliphatic carboxylic acids is 1.